The lowest BCUT2D eigenvalue weighted by Gasteiger charge is -2.41. The zero-order chi connectivity index (χ0) is 78.8. The largest absolute Gasteiger partial charge is 0.724 e. The van der Waals surface area contributed by atoms with E-state index in [0.717, 1.165) is 5.06 Å². The summed E-state index contributed by atoms with van der Waals surface area (Å²) in [7, 11) is -9.83. The van der Waals surface area contributed by atoms with Crippen molar-refractivity contribution in [3.8, 4) is 0 Å². The predicted octanol–water partition coefficient (Wildman–Crippen LogP) is 6.86. The number of nitrogens with two attached hydrogens (primary N) is 1. The number of ether oxygens (including phenoxy) is 2. The van der Waals surface area contributed by atoms with Gasteiger partial charge in [-0.05, 0) is 106 Å². The second kappa shape index (κ2) is 35.6. The van der Waals surface area contributed by atoms with Crippen LogP contribution in [-0.2, 0) is 58.1 Å². The molecular weight excluding hydrogens is 1450 g/mol. The number of hydrogen-bond acceptors (Lipinski definition) is 27. The first kappa shape index (κ1) is 83.8. The molecule has 3 aromatic heterocycles. The van der Waals surface area contributed by atoms with Gasteiger partial charge in [0.25, 0.3) is 0 Å². The summed E-state index contributed by atoms with van der Waals surface area (Å²) in [5, 5.41) is 49.0. The minimum atomic E-state index is -5.06. The van der Waals surface area contributed by atoms with E-state index < -0.39 is 86.4 Å². The maximum Gasteiger partial charge on any atom is 0.418 e. The number of aromatic nitrogens is 6. The summed E-state index contributed by atoms with van der Waals surface area (Å²) in [6.45, 7) is 38.4. The zero-order valence-electron chi connectivity index (χ0n) is 63.7. The predicted molar refractivity (Wildman–Crippen MR) is 382 cm³/mol. The smallest absolute Gasteiger partial charge is 0.418 e. The van der Waals surface area contributed by atoms with Crippen LogP contribution < -0.4 is 16.4 Å². The maximum absolute atomic E-state index is 12.5. The molecule has 7 N–H and O–H groups in total. The number of carbonyl (C=O) groups is 5. The van der Waals surface area contributed by atoms with Gasteiger partial charge in [0.2, 0.25) is 45.7 Å². The van der Waals surface area contributed by atoms with Crippen molar-refractivity contribution in [2.45, 2.75) is 226 Å². The fraction of sp³-hybridized carbons (Fsp3) is 0.761. The quantitative estimate of drug-likeness (QED) is 0.0103. The molecule has 8 amide bonds. The highest BCUT2D eigenvalue weighted by Crippen LogP contribution is 2.42. The molecule has 0 unspecified atom stereocenters. The molecule has 9 aliphatic heterocycles. The lowest BCUT2D eigenvalue weighted by atomic mass is 9.96. The van der Waals surface area contributed by atoms with Crippen LogP contribution in [0.2, 0.25) is 0 Å². The van der Waals surface area contributed by atoms with Crippen LogP contribution in [0.25, 0.3) is 0 Å². The number of amides is 8. The van der Waals surface area contributed by atoms with Gasteiger partial charge in [-0.3, -0.25) is 25.8 Å². The Labute approximate surface area is 631 Å². The first-order valence-corrected chi connectivity index (χ1v) is 40.1. The number of nitrogens with one attached hydrogen (secondary N) is 3. The van der Waals surface area contributed by atoms with E-state index in [1.807, 2.05) is 9.80 Å². The van der Waals surface area contributed by atoms with E-state index >= 15 is 0 Å². The van der Waals surface area contributed by atoms with E-state index in [2.05, 4.69) is 90.6 Å². The molecule has 9 fully saturated rings. The second-order valence-electron chi connectivity index (χ2n) is 31.2. The molecule has 41 heteroatoms. The summed E-state index contributed by atoms with van der Waals surface area (Å²) in [6, 6.07) is -4.24. The van der Waals surface area contributed by atoms with Gasteiger partial charge in [-0.1, -0.05) is 66.5 Å². The Bertz CT molecular complexity index is 3810. The molecule has 0 aliphatic carbocycles. The third kappa shape index (κ3) is 22.5. The van der Waals surface area contributed by atoms with Gasteiger partial charge in [0.15, 0.2) is 5.96 Å². The number of fused-ring (bicyclic) bond motifs is 6. The number of hydroxylamine groups is 6. The molecule has 0 saturated carbocycles. The zero-order valence-corrected chi connectivity index (χ0v) is 65.3. The van der Waals surface area contributed by atoms with Crippen molar-refractivity contribution in [3.63, 3.8) is 0 Å². The summed E-state index contributed by atoms with van der Waals surface area (Å²) in [5.41, 5.74) is 4.24. The van der Waals surface area contributed by atoms with Gasteiger partial charge in [0.1, 0.15) is 41.0 Å². The highest BCUT2D eigenvalue weighted by Gasteiger charge is 2.52. The average Bonchev–Trinajstić information content (AvgIpc) is 1.63. The van der Waals surface area contributed by atoms with Crippen LogP contribution in [0, 0.1) is 23.2 Å². The van der Waals surface area contributed by atoms with Gasteiger partial charge in [0, 0.05) is 95.9 Å². The Morgan fingerprint density at radius 3 is 1.19 bits per heavy atom. The summed E-state index contributed by atoms with van der Waals surface area (Å²) >= 11 is 0. The fourth-order valence-electron chi connectivity index (χ4n) is 14.7. The lowest BCUT2D eigenvalue weighted by molar-refractivity contribution is -0.929. The van der Waals surface area contributed by atoms with Crippen molar-refractivity contribution in [1.29, 1.82) is 5.41 Å². The number of alkyl carbamates (subject to hydrolysis) is 2. The number of rotatable bonds is 29. The number of carbonyl (C=O) groups excluding carboxylic acids is 5. The number of quaternary nitrogens is 1. The molecule has 9 aliphatic rings. The van der Waals surface area contributed by atoms with Crippen molar-refractivity contribution in [2.75, 3.05) is 85.1 Å². The van der Waals surface area contributed by atoms with Crippen LogP contribution in [-0.4, -0.2) is 261 Å². The summed E-state index contributed by atoms with van der Waals surface area (Å²) in [5.74, 6) is 4.10. The Kier molecular flexibility index (Phi) is 27.7. The Balaban J connectivity index is 0.000000170. The van der Waals surface area contributed by atoms with Crippen LogP contribution >= 0.6 is 0 Å². The fourth-order valence-corrected chi connectivity index (χ4v) is 15.4. The molecule has 6 bridgehead atoms. The Hall–Kier alpha value is -8.22. The third-order valence-electron chi connectivity index (χ3n) is 20.2. The molecule has 12 heterocycles. The van der Waals surface area contributed by atoms with Gasteiger partial charge in [0.05, 0.1) is 44.3 Å². The van der Waals surface area contributed by atoms with E-state index in [0.29, 0.717) is 155 Å². The minimum absolute atomic E-state index is 0.0402. The minimum Gasteiger partial charge on any atom is -0.724 e. The van der Waals surface area contributed by atoms with Gasteiger partial charge in [-0.25, -0.2) is 37.5 Å². The normalized spacial score (nSPS) is 22.3. The molecule has 6 atom stereocenters. The van der Waals surface area contributed by atoms with Crippen LogP contribution in [0.1, 0.15) is 213 Å². The van der Waals surface area contributed by atoms with Crippen molar-refractivity contribution in [1.82, 2.24) is 85.8 Å². The number of urea groups is 3. The van der Waals surface area contributed by atoms with Gasteiger partial charge in [-0.15, -0.1) is 34.9 Å². The molecule has 0 radical (unpaired) electrons. The van der Waals surface area contributed by atoms with E-state index in [-0.39, 0.29) is 54.8 Å². The Morgan fingerprint density at radius 1 is 0.546 bits per heavy atom. The van der Waals surface area contributed by atoms with Crippen LogP contribution in [0.5, 0.6) is 0 Å². The van der Waals surface area contributed by atoms with Crippen LogP contribution in [0.3, 0.4) is 0 Å². The van der Waals surface area contributed by atoms with Gasteiger partial charge in [-0.2, -0.15) is 22.8 Å². The lowest BCUT2D eigenvalue weighted by Crippen LogP contribution is -2.53. The van der Waals surface area contributed by atoms with Crippen molar-refractivity contribution >= 4 is 57.0 Å². The molecule has 604 valence electrons. The molecule has 108 heavy (non-hydrogen) atoms. The summed E-state index contributed by atoms with van der Waals surface area (Å²) < 4.78 is 101. The molecule has 12 rings (SSSR count). The third-order valence-corrected chi connectivity index (χ3v) is 20.9. The molecule has 0 aromatic carbocycles. The molecule has 39 nitrogen and oxygen atoms in total. The number of piperidine rings is 3. The van der Waals surface area contributed by atoms with E-state index in [9.17, 15) is 50.6 Å². The standard InChI is InChI=1S/C19H28N6O8S.C19H28N6O5.C16H36N.C13H19N7O6S/c1-11(20-17(26)32-19(2,3)4)23-8-12(9-23)7-15-21-22-16(31-15)14-6-5-13-10-24(14)18(27)25(13)33-34(28,29)30;1-11(20-17(26)30-19(2,3)4)23-8-12(9-23)7-15-21-22-16(29-15)14-6-5-13-10-24(14)18(27)25(13)28;1-5-9-13-17(14-10-6-2,15-11-7-3)16-12-8-4;14-12(15)18-4-7(5-18)3-10-16-17-11(25-10)9-2-1-8-6-19(9)13(21)20(8)26-27(22,23)24/h12-14H,1,5-10H2,2-4H3,(H,20,26)(H,28,29,30);12-14,28H,1,5-10H2,2-4H3,(H,20,26);5-16H2,1-4H3;7-9H,1-6H2,(H3,14,15)(H,22,23,24)/q;;+1;/p-1/t2*13-,14+;;8-,9+/m11.1/s1. The van der Waals surface area contributed by atoms with E-state index in [4.69, 9.17) is 38.4 Å². The number of unbranched alkanes of at least 4 members (excludes halogenated alkanes) is 4. The summed E-state index contributed by atoms with van der Waals surface area (Å²) in [6.07, 6.45) is 14.9. The number of likely N-dealkylation sites (tertiary alicyclic amines) is 3. The topological polar surface area (TPSA) is 474 Å². The van der Waals surface area contributed by atoms with E-state index in [1.54, 1.807) is 51.3 Å². The molecule has 3 aromatic rings. The Morgan fingerprint density at radius 2 is 0.870 bits per heavy atom. The first-order chi connectivity index (χ1) is 50.8. The van der Waals surface area contributed by atoms with E-state index in [1.165, 1.54) is 91.8 Å². The molecular formula is C67H110N20O19S2. The summed E-state index contributed by atoms with van der Waals surface area (Å²) in [4.78, 5) is 70.7. The highest BCUT2D eigenvalue weighted by molar-refractivity contribution is 7.81. The monoisotopic (exact) mass is 1560 g/mol. The SMILES string of the molecule is C=C(NC(=O)OC(C)(C)C)N1CC(Cc2nnc([C@@H]3CC[C@@H]4CN3C(=O)N4O)o2)C1.C=C(NC(=O)OC(C)(C)C)N1CC(Cc2nnc([C@@H]3CC[C@@H]4CN3C(=O)N4OS(=O)(=O)[O-])o2)C1.CCCC[N+](CCCC)(CCCC)CCCC.N=C(N)N1CC(Cc2nnc([C@@H]3CC[C@@H]4CN3C(=O)N4OS(=O)(=O)O)o2)C1. The number of hydrogen-bond donors (Lipinski definition) is 6. The van der Waals surface area contributed by atoms with Crippen LogP contribution in [0.15, 0.2) is 38.1 Å². The number of nitrogens with zero attached hydrogens (tertiary/aromatic N) is 16. The van der Waals surface area contributed by atoms with Crippen molar-refractivity contribution < 1.29 is 90.9 Å². The average molecular weight is 1560 g/mol. The van der Waals surface area contributed by atoms with Crippen LogP contribution in [0.4, 0.5) is 24.0 Å². The van der Waals surface area contributed by atoms with Gasteiger partial charge >= 0.3 is 40.7 Å². The second-order valence-corrected chi connectivity index (χ2v) is 33.2. The highest BCUT2D eigenvalue weighted by atomic mass is 32.3. The van der Waals surface area contributed by atoms with Gasteiger partial charge < -0.3 is 66.9 Å². The van der Waals surface area contributed by atoms with Crippen molar-refractivity contribution in [2.24, 2.45) is 23.5 Å². The maximum atomic E-state index is 12.5. The first-order valence-electron chi connectivity index (χ1n) is 37.4. The molecule has 9 saturated heterocycles. The van der Waals surface area contributed by atoms with Crippen molar-refractivity contribution in [3.05, 3.63) is 60.1 Å². The number of guanidine groups is 1. The molecule has 0 spiro atoms.